The molecule has 2 aliphatic rings. The van der Waals surface area contributed by atoms with E-state index in [1.165, 1.54) is 12.8 Å². The first-order valence-electron chi connectivity index (χ1n) is 7.68. The Morgan fingerprint density at radius 3 is 2.81 bits per heavy atom. The van der Waals surface area contributed by atoms with Crippen molar-refractivity contribution in [2.45, 2.75) is 44.2 Å². The van der Waals surface area contributed by atoms with Crippen LogP contribution in [0.15, 0.2) is 18.2 Å². The maximum atomic E-state index is 12.8. The van der Waals surface area contributed by atoms with Gasteiger partial charge in [-0.15, -0.1) is 0 Å². The van der Waals surface area contributed by atoms with Crippen LogP contribution in [0.3, 0.4) is 0 Å². The monoisotopic (exact) mass is 400 g/mol. The van der Waals surface area contributed by atoms with Gasteiger partial charge in [-0.3, -0.25) is 4.79 Å². The smallest absolute Gasteiger partial charge is 0.257 e. The second-order valence-electron chi connectivity index (χ2n) is 6.00. The number of rotatable bonds is 4. The van der Waals surface area contributed by atoms with Gasteiger partial charge in [0.25, 0.3) is 5.91 Å². The molecule has 2 N–H and O–H groups in total. The SMILES string of the molecule is O=C(c1cc(I)ccc1O)N(CC1CCCCN1)C1CC1. The highest BCUT2D eigenvalue weighted by Gasteiger charge is 2.35. The number of hydrogen-bond donors (Lipinski definition) is 2. The normalized spacial score (nSPS) is 22.0. The van der Waals surface area contributed by atoms with E-state index < -0.39 is 0 Å². The minimum Gasteiger partial charge on any atom is -0.507 e. The minimum absolute atomic E-state index is 0.0270. The van der Waals surface area contributed by atoms with Crippen molar-refractivity contribution in [2.75, 3.05) is 13.1 Å². The molecule has 5 heteroatoms. The van der Waals surface area contributed by atoms with E-state index in [0.717, 1.165) is 35.9 Å². The van der Waals surface area contributed by atoms with Crippen LogP contribution in [-0.4, -0.2) is 41.1 Å². The Morgan fingerprint density at radius 2 is 2.14 bits per heavy atom. The van der Waals surface area contributed by atoms with Gasteiger partial charge in [-0.1, -0.05) is 6.42 Å². The molecule has 114 valence electrons. The number of amides is 1. The van der Waals surface area contributed by atoms with Gasteiger partial charge in [0, 0.05) is 22.2 Å². The summed E-state index contributed by atoms with van der Waals surface area (Å²) in [6.07, 6.45) is 5.77. The van der Waals surface area contributed by atoms with Gasteiger partial charge < -0.3 is 15.3 Å². The summed E-state index contributed by atoms with van der Waals surface area (Å²) < 4.78 is 0.972. The van der Waals surface area contributed by atoms with Crippen molar-refractivity contribution in [2.24, 2.45) is 0 Å². The molecule has 2 fully saturated rings. The Kier molecular flexibility index (Phi) is 4.69. The molecule has 1 heterocycles. The molecule has 0 radical (unpaired) electrons. The third kappa shape index (κ3) is 3.69. The summed E-state index contributed by atoms with van der Waals surface area (Å²) in [7, 11) is 0. The highest BCUT2D eigenvalue weighted by Crippen LogP contribution is 2.31. The van der Waals surface area contributed by atoms with Gasteiger partial charge in [-0.05, 0) is 73.0 Å². The van der Waals surface area contributed by atoms with Crippen molar-refractivity contribution in [3.05, 3.63) is 27.3 Å². The predicted octanol–water partition coefficient (Wildman–Crippen LogP) is 2.74. The maximum absolute atomic E-state index is 12.8. The van der Waals surface area contributed by atoms with Gasteiger partial charge in [0.05, 0.1) is 5.56 Å². The van der Waals surface area contributed by atoms with E-state index in [9.17, 15) is 9.90 Å². The Bertz CT molecular complexity index is 525. The molecular weight excluding hydrogens is 379 g/mol. The van der Waals surface area contributed by atoms with E-state index in [0.29, 0.717) is 17.6 Å². The molecule has 4 nitrogen and oxygen atoms in total. The third-order valence-electron chi connectivity index (χ3n) is 4.27. The highest BCUT2D eigenvalue weighted by molar-refractivity contribution is 14.1. The number of benzene rings is 1. The summed E-state index contributed by atoms with van der Waals surface area (Å²) >= 11 is 2.17. The molecule has 1 aromatic carbocycles. The quantitative estimate of drug-likeness (QED) is 0.765. The van der Waals surface area contributed by atoms with Crippen molar-refractivity contribution in [1.29, 1.82) is 0 Å². The molecule has 1 amide bonds. The Labute approximate surface area is 139 Å². The number of carbonyl (C=O) groups is 1. The number of piperidine rings is 1. The lowest BCUT2D eigenvalue weighted by atomic mass is 10.0. The zero-order valence-corrected chi connectivity index (χ0v) is 14.2. The molecule has 0 bridgehead atoms. The van der Waals surface area contributed by atoms with E-state index >= 15 is 0 Å². The Balaban J connectivity index is 1.76. The van der Waals surface area contributed by atoms with Crippen LogP contribution in [0.4, 0.5) is 0 Å². The van der Waals surface area contributed by atoms with Gasteiger partial charge in [0.1, 0.15) is 5.75 Å². The van der Waals surface area contributed by atoms with Gasteiger partial charge >= 0.3 is 0 Å². The molecular formula is C16H21IN2O2. The average molecular weight is 400 g/mol. The summed E-state index contributed by atoms with van der Waals surface area (Å²) in [6, 6.07) is 5.96. The number of nitrogens with zero attached hydrogens (tertiary/aromatic N) is 1. The van der Waals surface area contributed by atoms with Gasteiger partial charge in [-0.2, -0.15) is 0 Å². The van der Waals surface area contributed by atoms with Crippen LogP contribution in [0.1, 0.15) is 42.5 Å². The van der Waals surface area contributed by atoms with Crippen LogP contribution in [0.2, 0.25) is 0 Å². The molecule has 1 unspecified atom stereocenters. The van der Waals surface area contributed by atoms with Crippen LogP contribution in [0.25, 0.3) is 0 Å². The lowest BCUT2D eigenvalue weighted by Crippen LogP contribution is -2.46. The number of carbonyl (C=O) groups excluding carboxylic acids is 1. The number of phenols is 1. The van der Waals surface area contributed by atoms with Crippen molar-refractivity contribution in [3.8, 4) is 5.75 Å². The number of phenolic OH excluding ortho intramolecular Hbond substituents is 1. The van der Waals surface area contributed by atoms with Crippen molar-refractivity contribution >= 4 is 28.5 Å². The molecule has 1 atom stereocenters. The Hall–Kier alpha value is -0.820. The second-order valence-corrected chi connectivity index (χ2v) is 7.24. The van der Waals surface area contributed by atoms with Crippen LogP contribution in [0, 0.1) is 3.57 Å². The molecule has 0 aromatic heterocycles. The fraction of sp³-hybridized carbons (Fsp3) is 0.562. The van der Waals surface area contributed by atoms with E-state index in [1.54, 1.807) is 12.1 Å². The largest absolute Gasteiger partial charge is 0.507 e. The van der Waals surface area contributed by atoms with Crippen LogP contribution < -0.4 is 5.32 Å². The fourth-order valence-electron chi connectivity index (χ4n) is 2.94. The number of hydrogen-bond acceptors (Lipinski definition) is 3. The van der Waals surface area contributed by atoms with E-state index in [-0.39, 0.29) is 11.7 Å². The predicted molar refractivity (Wildman–Crippen MR) is 90.5 cm³/mol. The summed E-state index contributed by atoms with van der Waals surface area (Å²) in [5.74, 6) is 0.0589. The van der Waals surface area contributed by atoms with Gasteiger partial charge in [0.2, 0.25) is 0 Å². The third-order valence-corrected chi connectivity index (χ3v) is 4.94. The molecule has 1 aromatic rings. The van der Waals surface area contributed by atoms with Crippen molar-refractivity contribution in [3.63, 3.8) is 0 Å². The molecule has 1 saturated heterocycles. The average Bonchev–Trinajstić information content (AvgIpc) is 3.32. The number of nitrogens with one attached hydrogen (secondary N) is 1. The van der Waals surface area contributed by atoms with Crippen molar-refractivity contribution < 1.29 is 9.90 Å². The van der Waals surface area contributed by atoms with E-state index in [2.05, 4.69) is 27.9 Å². The van der Waals surface area contributed by atoms with Crippen molar-refractivity contribution in [1.82, 2.24) is 10.2 Å². The molecule has 0 spiro atoms. The lowest BCUT2D eigenvalue weighted by molar-refractivity contribution is 0.0715. The second kappa shape index (κ2) is 6.52. The summed E-state index contributed by atoms with van der Waals surface area (Å²) in [5, 5.41) is 13.5. The number of aromatic hydroxyl groups is 1. The molecule has 1 aliphatic carbocycles. The lowest BCUT2D eigenvalue weighted by Gasteiger charge is -2.31. The molecule has 21 heavy (non-hydrogen) atoms. The molecule has 1 aliphatic heterocycles. The topological polar surface area (TPSA) is 52.6 Å². The Morgan fingerprint density at radius 1 is 1.33 bits per heavy atom. The fourth-order valence-corrected chi connectivity index (χ4v) is 3.43. The van der Waals surface area contributed by atoms with Crippen LogP contribution in [0.5, 0.6) is 5.75 Å². The summed E-state index contributed by atoms with van der Waals surface area (Å²) in [5.41, 5.74) is 0.435. The van der Waals surface area contributed by atoms with Crippen LogP contribution in [-0.2, 0) is 0 Å². The van der Waals surface area contributed by atoms with E-state index in [4.69, 9.17) is 0 Å². The minimum atomic E-state index is -0.0270. The first kappa shape index (κ1) is 15.1. The molecule has 3 rings (SSSR count). The summed E-state index contributed by atoms with van der Waals surface area (Å²) in [6.45, 7) is 1.81. The maximum Gasteiger partial charge on any atom is 0.257 e. The highest BCUT2D eigenvalue weighted by atomic mass is 127. The van der Waals surface area contributed by atoms with E-state index in [1.807, 2.05) is 11.0 Å². The first-order chi connectivity index (χ1) is 10.1. The van der Waals surface area contributed by atoms with Gasteiger partial charge in [-0.25, -0.2) is 0 Å². The zero-order chi connectivity index (χ0) is 14.8. The number of halogens is 1. The first-order valence-corrected chi connectivity index (χ1v) is 8.76. The van der Waals surface area contributed by atoms with Gasteiger partial charge in [0.15, 0.2) is 0 Å². The van der Waals surface area contributed by atoms with Crippen LogP contribution >= 0.6 is 22.6 Å². The summed E-state index contributed by atoms with van der Waals surface area (Å²) in [4.78, 5) is 14.8. The zero-order valence-electron chi connectivity index (χ0n) is 12.0. The standard InChI is InChI=1S/C16H21IN2O2/c17-11-4-7-15(20)14(9-11)16(21)19(13-5-6-13)10-12-3-1-2-8-18-12/h4,7,9,12-13,18,20H,1-3,5-6,8,10H2. The molecule has 1 saturated carbocycles.